The highest BCUT2D eigenvalue weighted by molar-refractivity contribution is 4.86. The van der Waals surface area contributed by atoms with Crippen molar-refractivity contribution >= 4 is 0 Å². The molecule has 0 heteroatoms. The van der Waals surface area contributed by atoms with Crippen LogP contribution >= 0.6 is 0 Å². The van der Waals surface area contributed by atoms with E-state index in [9.17, 15) is 0 Å². The molecule has 0 aliphatic rings. The Bertz CT molecular complexity index is 554. The van der Waals surface area contributed by atoms with Crippen molar-refractivity contribution in [3.05, 3.63) is 48.6 Å². The lowest BCUT2D eigenvalue weighted by Gasteiger charge is -2.19. The SMILES string of the molecule is CCCCCCCC/C=C/CCCCC/C=C/CCC(CC/C=C/CCCCC/C=C/CCCCCCCC)C(C)C. The molecule has 0 spiro atoms. The molecular weight excluding hydrogens is 504 g/mol. The summed E-state index contributed by atoms with van der Waals surface area (Å²) in [6.45, 7) is 9.43. The molecule has 0 saturated heterocycles. The van der Waals surface area contributed by atoms with Gasteiger partial charge in [-0.05, 0) is 115 Å². The van der Waals surface area contributed by atoms with Gasteiger partial charge in [0.2, 0.25) is 0 Å². The third-order valence-electron chi connectivity index (χ3n) is 8.95. The molecule has 0 bridgehead atoms. The quantitative estimate of drug-likeness (QED) is 0.0533. The first-order chi connectivity index (χ1) is 20.7. The fraction of sp³-hybridized carbons (Fsp3) is 0.810. The molecule has 0 aromatic heterocycles. The number of unbranched alkanes of at least 4 members (excludes halogenated alkanes) is 20. The van der Waals surface area contributed by atoms with Crippen LogP contribution < -0.4 is 0 Å². The molecule has 0 nitrogen and oxygen atoms in total. The maximum atomic E-state index is 2.47. The monoisotopic (exact) mass is 583 g/mol. The Morgan fingerprint density at radius 2 is 0.548 bits per heavy atom. The number of hydrogen-bond acceptors (Lipinski definition) is 0. The van der Waals surface area contributed by atoms with Gasteiger partial charge in [0.05, 0.1) is 0 Å². The summed E-state index contributed by atoms with van der Waals surface area (Å²) in [5, 5.41) is 0. The van der Waals surface area contributed by atoms with Crippen molar-refractivity contribution in [3.8, 4) is 0 Å². The van der Waals surface area contributed by atoms with Gasteiger partial charge in [0.1, 0.15) is 0 Å². The smallest absolute Gasteiger partial charge is 0.0348 e. The molecule has 0 saturated carbocycles. The van der Waals surface area contributed by atoms with Crippen LogP contribution in [0.2, 0.25) is 0 Å². The molecule has 0 aromatic carbocycles. The van der Waals surface area contributed by atoms with E-state index >= 15 is 0 Å². The fourth-order valence-electron chi connectivity index (χ4n) is 5.86. The second-order valence-electron chi connectivity index (χ2n) is 13.4. The molecule has 0 heterocycles. The number of rotatable bonds is 33. The van der Waals surface area contributed by atoms with Crippen molar-refractivity contribution in [1.29, 1.82) is 0 Å². The summed E-state index contributed by atoms with van der Waals surface area (Å²) in [6.07, 6.45) is 57.6. The predicted octanol–water partition coefficient (Wildman–Crippen LogP) is 15.4. The Morgan fingerprint density at radius 3 is 0.833 bits per heavy atom. The summed E-state index contributed by atoms with van der Waals surface area (Å²) in [4.78, 5) is 0. The topological polar surface area (TPSA) is 0 Å². The van der Waals surface area contributed by atoms with Crippen molar-refractivity contribution in [2.24, 2.45) is 11.8 Å². The van der Waals surface area contributed by atoms with Crippen LogP contribution in [0.1, 0.15) is 207 Å². The summed E-state index contributed by atoms with van der Waals surface area (Å²) < 4.78 is 0. The highest BCUT2D eigenvalue weighted by Gasteiger charge is 2.11. The zero-order valence-corrected chi connectivity index (χ0v) is 29.6. The van der Waals surface area contributed by atoms with Gasteiger partial charge < -0.3 is 0 Å². The van der Waals surface area contributed by atoms with Crippen LogP contribution in [-0.2, 0) is 0 Å². The van der Waals surface area contributed by atoms with Crippen molar-refractivity contribution < 1.29 is 0 Å². The van der Waals surface area contributed by atoms with Crippen LogP contribution in [0.25, 0.3) is 0 Å². The molecule has 0 amide bonds. The Morgan fingerprint density at radius 1 is 0.310 bits per heavy atom. The maximum Gasteiger partial charge on any atom is -0.0348 e. The molecule has 0 atom stereocenters. The molecular formula is C42H78. The zero-order chi connectivity index (χ0) is 30.6. The van der Waals surface area contributed by atoms with E-state index in [2.05, 4.69) is 76.3 Å². The standard InChI is InChI=1S/C42H78/c1-5-7-9-11-13-15-17-19-21-23-25-27-29-31-33-35-37-39-42(41(3)4)40-38-36-34-32-30-28-26-24-22-20-18-16-14-12-10-8-6-2/h19-22,33-36,41-42H,5-18,23-32,37-40H2,1-4H3/b21-19+,22-20+,35-33+,36-34+. The highest BCUT2D eigenvalue weighted by atomic mass is 14.2. The first-order valence-electron chi connectivity index (χ1n) is 19.3. The minimum absolute atomic E-state index is 0.801. The van der Waals surface area contributed by atoms with E-state index in [1.54, 1.807) is 0 Å². The van der Waals surface area contributed by atoms with E-state index in [1.165, 1.54) is 180 Å². The van der Waals surface area contributed by atoms with Gasteiger partial charge in [-0.2, -0.15) is 0 Å². The molecule has 0 aromatic rings. The van der Waals surface area contributed by atoms with Crippen LogP contribution in [0, 0.1) is 11.8 Å². The lowest BCUT2D eigenvalue weighted by atomic mass is 9.87. The molecule has 0 aliphatic heterocycles. The van der Waals surface area contributed by atoms with E-state index in [0.29, 0.717) is 0 Å². The molecule has 0 aliphatic carbocycles. The van der Waals surface area contributed by atoms with Crippen molar-refractivity contribution in [2.75, 3.05) is 0 Å². The van der Waals surface area contributed by atoms with E-state index in [-0.39, 0.29) is 0 Å². The average Bonchev–Trinajstić information content (AvgIpc) is 2.99. The van der Waals surface area contributed by atoms with Crippen LogP contribution in [0.5, 0.6) is 0 Å². The Hall–Kier alpha value is -1.04. The largest absolute Gasteiger partial charge is 0.0885 e. The van der Waals surface area contributed by atoms with Gasteiger partial charge in [-0.3, -0.25) is 0 Å². The molecule has 0 unspecified atom stereocenters. The maximum absolute atomic E-state index is 2.47. The van der Waals surface area contributed by atoms with Crippen molar-refractivity contribution in [2.45, 2.75) is 207 Å². The van der Waals surface area contributed by atoms with E-state index < -0.39 is 0 Å². The third kappa shape index (κ3) is 33.5. The summed E-state index contributed by atoms with van der Waals surface area (Å²) in [5.41, 5.74) is 0. The Balaban J connectivity index is 3.59. The molecule has 0 fully saturated rings. The van der Waals surface area contributed by atoms with Crippen LogP contribution in [0.15, 0.2) is 48.6 Å². The molecule has 0 radical (unpaired) electrons. The minimum atomic E-state index is 0.801. The van der Waals surface area contributed by atoms with Crippen molar-refractivity contribution in [1.82, 2.24) is 0 Å². The lowest BCUT2D eigenvalue weighted by Crippen LogP contribution is -2.08. The zero-order valence-electron chi connectivity index (χ0n) is 29.6. The molecule has 0 N–H and O–H groups in total. The highest BCUT2D eigenvalue weighted by Crippen LogP contribution is 2.23. The number of allylic oxidation sites excluding steroid dienone is 8. The summed E-state index contributed by atoms with van der Waals surface area (Å²) in [6, 6.07) is 0. The molecule has 42 heavy (non-hydrogen) atoms. The van der Waals surface area contributed by atoms with Gasteiger partial charge in [-0.1, -0.05) is 153 Å². The first kappa shape index (κ1) is 41.0. The van der Waals surface area contributed by atoms with Crippen LogP contribution in [0.4, 0.5) is 0 Å². The van der Waals surface area contributed by atoms with Gasteiger partial charge in [0, 0.05) is 0 Å². The normalized spacial score (nSPS) is 12.6. The summed E-state index contributed by atoms with van der Waals surface area (Å²) in [7, 11) is 0. The summed E-state index contributed by atoms with van der Waals surface area (Å²) in [5.74, 6) is 1.67. The number of hydrogen-bond donors (Lipinski definition) is 0. The lowest BCUT2D eigenvalue weighted by molar-refractivity contribution is 0.341. The predicted molar refractivity (Wildman–Crippen MR) is 196 cm³/mol. The van der Waals surface area contributed by atoms with Gasteiger partial charge in [0.15, 0.2) is 0 Å². The average molecular weight is 583 g/mol. The first-order valence-corrected chi connectivity index (χ1v) is 19.3. The van der Waals surface area contributed by atoms with Gasteiger partial charge in [-0.25, -0.2) is 0 Å². The molecule has 246 valence electrons. The van der Waals surface area contributed by atoms with Gasteiger partial charge >= 0.3 is 0 Å². The summed E-state index contributed by atoms with van der Waals surface area (Å²) >= 11 is 0. The Labute approximate surface area is 267 Å². The van der Waals surface area contributed by atoms with Crippen molar-refractivity contribution in [3.63, 3.8) is 0 Å². The van der Waals surface area contributed by atoms with Crippen LogP contribution in [0.3, 0.4) is 0 Å². The van der Waals surface area contributed by atoms with Gasteiger partial charge in [-0.15, -0.1) is 0 Å². The fourth-order valence-corrected chi connectivity index (χ4v) is 5.86. The van der Waals surface area contributed by atoms with E-state index in [4.69, 9.17) is 0 Å². The van der Waals surface area contributed by atoms with E-state index in [0.717, 1.165) is 11.8 Å². The van der Waals surface area contributed by atoms with Gasteiger partial charge in [0.25, 0.3) is 0 Å². The minimum Gasteiger partial charge on any atom is -0.0885 e. The second kappa shape index (κ2) is 36.2. The molecule has 0 rings (SSSR count). The van der Waals surface area contributed by atoms with E-state index in [1.807, 2.05) is 0 Å². The second-order valence-corrected chi connectivity index (χ2v) is 13.4. The Kier molecular flexibility index (Phi) is 35.3. The van der Waals surface area contributed by atoms with Crippen LogP contribution in [-0.4, -0.2) is 0 Å². The third-order valence-corrected chi connectivity index (χ3v) is 8.95.